The Bertz CT molecular complexity index is 767. The maximum absolute atomic E-state index is 10.6. The molecule has 94 valence electrons. The quantitative estimate of drug-likeness (QED) is 0.574. The van der Waals surface area contributed by atoms with Crippen LogP contribution in [0.5, 0.6) is 0 Å². The first kappa shape index (κ1) is 11.6. The fourth-order valence-corrected chi connectivity index (χ4v) is 1.91. The van der Waals surface area contributed by atoms with E-state index in [1.54, 1.807) is 18.2 Å². The van der Waals surface area contributed by atoms with Crippen molar-refractivity contribution in [1.29, 1.82) is 0 Å². The predicted octanol–water partition coefficient (Wildman–Crippen LogP) is 3.19. The number of fused-ring (bicyclic) bond motifs is 1. The first-order valence-electron chi connectivity index (χ1n) is 5.39. The molecule has 0 radical (unpaired) electrons. The summed E-state index contributed by atoms with van der Waals surface area (Å²) in [5.41, 5.74) is 2.07. The van der Waals surface area contributed by atoms with Gasteiger partial charge in [0.15, 0.2) is 5.65 Å². The smallest absolute Gasteiger partial charge is 0.269 e. The fourth-order valence-electron chi connectivity index (χ4n) is 1.75. The highest BCUT2D eigenvalue weighted by Gasteiger charge is 2.09. The standard InChI is InChI=1S/C12H7ClN4O2/c13-8-5-10-12(14-6-8)16-11(15-10)7-1-3-9(4-2-7)17(18)19/h1-6H,(H,14,15,16). The van der Waals surface area contributed by atoms with Gasteiger partial charge in [-0.2, -0.15) is 0 Å². The van der Waals surface area contributed by atoms with Gasteiger partial charge < -0.3 is 4.98 Å². The highest BCUT2D eigenvalue weighted by atomic mass is 35.5. The van der Waals surface area contributed by atoms with Gasteiger partial charge >= 0.3 is 0 Å². The highest BCUT2D eigenvalue weighted by molar-refractivity contribution is 6.31. The number of rotatable bonds is 2. The zero-order valence-corrected chi connectivity index (χ0v) is 10.3. The molecule has 1 aromatic carbocycles. The van der Waals surface area contributed by atoms with Crippen LogP contribution in [0.3, 0.4) is 0 Å². The summed E-state index contributed by atoms with van der Waals surface area (Å²) < 4.78 is 0. The Morgan fingerprint density at radius 3 is 2.68 bits per heavy atom. The number of hydrogen-bond donors (Lipinski definition) is 1. The molecule has 0 aliphatic rings. The zero-order valence-electron chi connectivity index (χ0n) is 9.50. The zero-order chi connectivity index (χ0) is 13.4. The molecule has 0 atom stereocenters. The van der Waals surface area contributed by atoms with Gasteiger partial charge in [0.2, 0.25) is 0 Å². The van der Waals surface area contributed by atoms with Crippen molar-refractivity contribution in [3.63, 3.8) is 0 Å². The second-order valence-corrected chi connectivity index (χ2v) is 4.35. The van der Waals surface area contributed by atoms with Crippen LogP contribution in [0.25, 0.3) is 22.6 Å². The minimum absolute atomic E-state index is 0.0426. The van der Waals surface area contributed by atoms with Crippen LogP contribution in [0.1, 0.15) is 0 Å². The van der Waals surface area contributed by atoms with Crippen LogP contribution in [0, 0.1) is 10.1 Å². The number of hydrogen-bond acceptors (Lipinski definition) is 4. The van der Waals surface area contributed by atoms with Crippen molar-refractivity contribution in [3.8, 4) is 11.4 Å². The number of halogens is 1. The number of aromatic amines is 1. The number of benzene rings is 1. The number of H-pyrrole nitrogens is 1. The first-order valence-corrected chi connectivity index (χ1v) is 5.77. The third kappa shape index (κ3) is 2.13. The van der Waals surface area contributed by atoms with E-state index in [0.717, 1.165) is 11.1 Å². The normalized spacial score (nSPS) is 10.8. The van der Waals surface area contributed by atoms with E-state index < -0.39 is 4.92 Å². The number of pyridine rings is 1. The molecule has 0 saturated heterocycles. The topological polar surface area (TPSA) is 84.7 Å². The number of nitrogens with one attached hydrogen (secondary N) is 1. The number of aromatic nitrogens is 3. The summed E-state index contributed by atoms with van der Waals surface area (Å²) in [5, 5.41) is 11.1. The lowest BCUT2D eigenvalue weighted by atomic mass is 10.2. The van der Waals surface area contributed by atoms with E-state index in [1.807, 2.05) is 0 Å². The molecule has 2 heterocycles. The average molecular weight is 275 g/mol. The van der Waals surface area contributed by atoms with E-state index in [4.69, 9.17) is 11.6 Å². The molecule has 0 spiro atoms. The van der Waals surface area contributed by atoms with Gasteiger partial charge in [-0.25, -0.2) is 9.97 Å². The third-order valence-electron chi connectivity index (χ3n) is 2.66. The summed E-state index contributed by atoms with van der Waals surface area (Å²) >= 11 is 5.84. The van der Waals surface area contributed by atoms with Gasteiger partial charge in [-0.05, 0) is 18.2 Å². The van der Waals surface area contributed by atoms with E-state index in [0.29, 0.717) is 16.5 Å². The maximum Gasteiger partial charge on any atom is 0.269 e. The summed E-state index contributed by atoms with van der Waals surface area (Å²) in [7, 11) is 0. The summed E-state index contributed by atoms with van der Waals surface area (Å²) in [5.74, 6) is 0.597. The number of imidazole rings is 1. The van der Waals surface area contributed by atoms with Gasteiger partial charge in [-0.3, -0.25) is 10.1 Å². The summed E-state index contributed by atoms with van der Waals surface area (Å²) in [4.78, 5) is 21.6. The van der Waals surface area contributed by atoms with Gasteiger partial charge in [0.25, 0.3) is 5.69 Å². The van der Waals surface area contributed by atoms with Crippen LogP contribution in [-0.2, 0) is 0 Å². The molecule has 19 heavy (non-hydrogen) atoms. The van der Waals surface area contributed by atoms with Crippen LogP contribution >= 0.6 is 11.6 Å². The predicted molar refractivity (Wildman–Crippen MR) is 71.0 cm³/mol. The number of nitrogens with zero attached hydrogens (tertiary/aromatic N) is 3. The van der Waals surface area contributed by atoms with Gasteiger partial charge in [0.1, 0.15) is 5.82 Å². The Kier molecular flexibility index (Phi) is 2.64. The SMILES string of the molecule is O=[N+]([O-])c1ccc(-c2nc3ncc(Cl)cc3[nH]2)cc1. The summed E-state index contributed by atoms with van der Waals surface area (Å²) in [6, 6.07) is 7.87. The number of nitro benzene ring substituents is 1. The van der Waals surface area contributed by atoms with Gasteiger partial charge in [-0.15, -0.1) is 0 Å². The third-order valence-corrected chi connectivity index (χ3v) is 2.86. The second-order valence-electron chi connectivity index (χ2n) is 3.91. The number of nitro groups is 1. The van der Waals surface area contributed by atoms with Crippen molar-refractivity contribution in [2.75, 3.05) is 0 Å². The molecule has 6 nitrogen and oxygen atoms in total. The second kappa shape index (κ2) is 4.33. The molecule has 0 aliphatic carbocycles. The summed E-state index contributed by atoms with van der Waals surface area (Å²) in [6.45, 7) is 0. The van der Waals surface area contributed by atoms with Crippen LogP contribution in [0.2, 0.25) is 5.02 Å². The lowest BCUT2D eigenvalue weighted by molar-refractivity contribution is -0.384. The molecule has 3 aromatic rings. The van der Waals surface area contributed by atoms with Gasteiger partial charge in [0.05, 0.1) is 15.5 Å². The van der Waals surface area contributed by atoms with Crippen molar-refractivity contribution in [1.82, 2.24) is 15.0 Å². The molecule has 0 fully saturated rings. The molecule has 0 saturated carbocycles. The van der Waals surface area contributed by atoms with E-state index in [1.165, 1.54) is 18.3 Å². The molecular weight excluding hydrogens is 268 g/mol. The van der Waals surface area contributed by atoms with Crippen LogP contribution in [0.4, 0.5) is 5.69 Å². The molecule has 3 rings (SSSR count). The van der Waals surface area contributed by atoms with Crippen molar-refractivity contribution in [2.45, 2.75) is 0 Å². The Hall–Kier alpha value is -2.47. The van der Waals surface area contributed by atoms with Crippen molar-refractivity contribution in [3.05, 3.63) is 51.7 Å². The maximum atomic E-state index is 10.6. The molecule has 7 heteroatoms. The number of non-ortho nitro benzene ring substituents is 1. The minimum Gasteiger partial charge on any atom is -0.337 e. The molecule has 2 aromatic heterocycles. The van der Waals surface area contributed by atoms with Gasteiger partial charge in [0, 0.05) is 23.9 Å². The molecule has 0 aliphatic heterocycles. The molecular formula is C12H7ClN4O2. The Morgan fingerprint density at radius 1 is 1.26 bits per heavy atom. The molecule has 1 N–H and O–H groups in total. The average Bonchev–Trinajstić information content (AvgIpc) is 2.81. The van der Waals surface area contributed by atoms with Crippen LogP contribution in [-0.4, -0.2) is 19.9 Å². The van der Waals surface area contributed by atoms with Crippen molar-refractivity contribution >= 4 is 28.5 Å². The monoisotopic (exact) mass is 274 g/mol. The van der Waals surface area contributed by atoms with Crippen LogP contribution in [0.15, 0.2) is 36.5 Å². The van der Waals surface area contributed by atoms with E-state index in [2.05, 4.69) is 15.0 Å². The largest absolute Gasteiger partial charge is 0.337 e. The lowest BCUT2D eigenvalue weighted by Gasteiger charge is -1.95. The van der Waals surface area contributed by atoms with E-state index in [9.17, 15) is 10.1 Å². The van der Waals surface area contributed by atoms with Crippen molar-refractivity contribution < 1.29 is 4.92 Å². The van der Waals surface area contributed by atoms with Crippen LogP contribution < -0.4 is 0 Å². The lowest BCUT2D eigenvalue weighted by Crippen LogP contribution is -1.87. The summed E-state index contributed by atoms with van der Waals surface area (Å²) in [6.07, 6.45) is 1.52. The minimum atomic E-state index is -0.441. The van der Waals surface area contributed by atoms with Crippen molar-refractivity contribution in [2.24, 2.45) is 0 Å². The molecule has 0 amide bonds. The van der Waals surface area contributed by atoms with E-state index in [-0.39, 0.29) is 5.69 Å². The fraction of sp³-hybridized carbons (Fsp3) is 0. The van der Waals surface area contributed by atoms with Gasteiger partial charge in [-0.1, -0.05) is 11.6 Å². The first-order chi connectivity index (χ1) is 9.13. The molecule has 0 unspecified atom stereocenters. The Balaban J connectivity index is 2.06. The highest BCUT2D eigenvalue weighted by Crippen LogP contribution is 2.23. The van der Waals surface area contributed by atoms with E-state index >= 15 is 0 Å². The Morgan fingerprint density at radius 2 is 2.00 bits per heavy atom. The molecule has 0 bridgehead atoms. The Labute approximate surface area is 112 Å².